The van der Waals surface area contributed by atoms with E-state index in [9.17, 15) is 9.90 Å². The number of aliphatic hydroxyl groups excluding tert-OH is 1. The van der Waals surface area contributed by atoms with Crippen molar-refractivity contribution in [2.45, 2.75) is 31.5 Å². The summed E-state index contributed by atoms with van der Waals surface area (Å²) in [6.07, 6.45) is 3.61. The van der Waals surface area contributed by atoms with Gasteiger partial charge in [0.2, 0.25) is 0 Å². The first-order chi connectivity index (χ1) is 12.2. The lowest BCUT2D eigenvalue weighted by atomic mass is 9.94. The first-order valence-electron chi connectivity index (χ1n) is 8.75. The number of aldehydes is 1. The molecule has 2 aliphatic rings. The van der Waals surface area contributed by atoms with Crippen molar-refractivity contribution in [3.8, 4) is 0 Å². The molecule has 1 N–H and O–H groups in total. The average molecular weight is 338 g/mol. The number of carbonyl (C=O) groups is 1. The van der Waals surface area contributed by atoms with Gasteiger partial charge in [0.25, 0.3) is 0 Å². The number of aliphatic hydroxyl groups is 1. The van der Waals surface area contributed by atoms with Crippen molar-refractivity contribution >= 4 is 12.1 Å². The van der Waals surface area contributed by atoms with E-state index in [1.165, 1.54) is 17.5 Å². The van der Waals surface area contributed by atoms with Crippen molar-refractivity contribution in [2.75, 3.05) is 24.5 Å². The Balaban J connectivity index is 1.44. The Hall–Kier alpha value is -2.31. The van der Waals surface area contributed by atoms with E-state index in [2.05, 4.69) is 39.1 Å². The first kappa shape index (κ1) is 16.2. The van der Waals surface area contributed by atoms with E-state index in [0.29, 0.717) is 18.1 Å². The molecular weight excluding hydrogens is 316 g/mol. The fourth-order valence-corrected chi connectivity index (χ4v) is 3.95. The van der Waals surface area contributed by atoms with Crippen LogP contribution in [0.4, 0.5) is 5.82 Å². The maximum atomic E-state index is 10.9. The predicted octanol–water partition coefficient (Wildman–Crippen LogP) is 1.29. The third-order valence-electron chi connectivity index (χ3n) is 5.29. The second-order valence-electron chi connectivity index (χ2n) is 6.78. The van der Waals surface area contributed by atoms with Crippen LogP contribution in [0.25, 0.3) is 0 Å². The van der Waals surface area contributed by atoms with Crippen LogP contribution in [0.5, 0.6) is 0 Å². The number of β-amino-alcohol motifs (C(OH)–C–C–N with tert-alkyl or cyclic N) is 1. The molecule has 1 aromatic heterocycles. The number of anilines is 1. The highest BCUT2D eigenvalue weighted by molar-refractivity contribution is 5.73. The molecule has 1 aromatic carbocycles. The number of benzene rings is 1. The van der Waals surface area contributed by atoms with E-state index in [1.54, 1.807) is 6.07 Å². The van der Waals surface area contributed by atoms with E-state index < -0.39 is 6.10 Å². The van der Waals surface area contributed by atoms with Crippen molar-refractivity contribution in [3.05, 3.63) is 53.5 Å². The molecule has 0 amide bonds. The minimum atomic E-state index is -0.436. The molecule has 1 fully saturated rings. The number of fused-ring (bicyclic) bond motifs is 1. The van der Waals surface area contributed by atoms with E-state index >= 15 is 0 Å². The van der Waals surface area contributed by atoms with Gasteiger partial charge in [-0.2, -0.15) is 0 Å². The highest BCUT2D eigenvalue weighted by atomic mass is 16.3. The molecule has 1 saturated heterocycles. The molecule has 2 atom stereocenters. The second-order valence-corrected chi connectivity index (χ2v) is 6.78. The number of hydrogen-bond donors (Lipinski definition) is 1. The molecule has 6 nitrogen and oxygen atoms in total. The zero-order valence-electron chi connectivity index (χ0n) is 14.1. The summed E-state index contributed by atoms with van der Waals surface area (Å²) in [5, 5.41) is 10.7. The molecular formula is C19H22N4O2. The summed E-state index contributed by atoms with van der Waals surface area (Å²) in [5.74, 6) is 0.707. The molecule has 130 valence electrons. The summed E-state index contributed by atoms with van der Waals surface area (Å²) in [6.45, 7) is 3.23. The summed E-state index contributed by atoms with van der Waals surface area (Å²) < 4.78 is 0. The highest BCUT2D eigenvalue weighted by Gasteiger charge is 2.34. The molecule has 0 bridgehead atoms. The lowest BCUT2D eigenvalue weighted by Gasteiger charge is -2.43. The molecule has 0 aliphatic carbocycles. The van der Waals surface area contributed by atoms with Crippen molar-refractivity contribution < 1.29 is 9.90 Å². The van der Waals surface area contributed by atoms with Gasteiger partial charge < -0.3 is 10.0 Å². The van der Waals surface area contributed by atoms with Gasteiger partial charge in [0.1, 0.15) is 17.8 Å². The monoisotopic (exact) mass is 338 g/mol. The molecule has 25 heavy (non-hydrogen) atoms. The Morgan fingerprint density at radius 1 is 1.16 bits per heavy atom. The molecule has 6 heteroatoms. The summed E-state index contributed by atoms with van der Waals surface area (Å²) in [4.78, 5) is 23.5. The Kier molecular flexibility index (Phi) is 4.46. The van der Waals surface area contributed by atoms with E-state index in [0.717, 1.165) is 38.8 Å². The summed E-state index contributed by atoms with van der Waals surface area (Å²) in [7, 11) is 0. The quantitative estimate of drug-likeness (QED) is 0.851. The van der Waals surface area contributed by atoms with Gasteiger partial charge in [-0.3, -0.25) is 9.69 Å². The predicted molar refractivity (Wildman–Crippen MR) is 94.6 cm³/mol. The van der Waals surface area contributed by atoms with E-state index in [1.807, 2.05) is 4.90 Å². The lowest BCUT2D eigenvalue weighted by molar-refractivity contribution is 0.0293. The first-order valence-corrected chi connectivity index (χ1v) is 8.75. The molecule has 4 rings (SSSR count). The van der Waals surface area contributed by atoms with Gasteiger partial charge in [-0.05, 0) is 24.0 Å². The van der Waals surface area contributed by atoms with Gasteiger partial charge >= 0.3 is 0 Å². The van der Waals surface area contributed by atoms with E-state index in [4.69, 9.17) is 0 Å². The summed E-state index contributed by atoms with van der Waals surface area (Å²) in [6, 6.07) is 10.4. The van der Waals surface area contributed by atoms with Crippen LogP contribution in [-0.2, 0) is 13.0 Å². The number of hydrogen-bond acceptors (Lipinski definition) is 6. The molecule has 0 spiro atoms. The van der Waals surface area contributed by atoms with E-state index in [-0.39, 0.29) is 6.04 Å². The fourth-order valence-electron chi connectivity index (χ4n) is 3.95. The summed E-state index contributed by atoms with van der Waals surface area (Å²) >= 11 is 0. The summed E-state index contributed by atoms with van der Waals surface area (Å²) in [5.41, 5.74) is 3.16. The van der Waals surface area contributed by atoms with Crippen LogP contribution >= 0.6 is 0 Å². The van der Waals surface area contributed by atoms with Crippen LogP contribution in [0, 0.1) is 0 Å². The smallest absolute Gasteiger partial charge is 0.168 e. The van der Waals surface area contributed by atoms with Crippen LogP contribution < -0.4 is 4.90 Å². The molecule has 0 unspecified atom stereocenters. The number of piperidine rings is 1. The number of nitrogens with zero attached hydrogens (tertiary/aromatic N) is 4. The number of carbonyl (C=O) groups excluding carboxylic acids is 1. The average Bonchev–Trinajstić information content (AvgIpc) is 2.67. The van der Waals surface area contributed by atoms with Crippen LogP contribution in [0.3, 0.4) is 0 Å². The van der Waals surface area contributed by atoms with Crippen LogP contribution in [0.1, 0.15) is 28.0 Å². The Morgan fingerprint density at radius 2 is 2.00 bits per heavy atom. The van der Waals surface area contributed by atoms with Gasteiger partial charge in [-0.15, -0.1) is 0 Å². The number of aromatic nitrogens is 2. The van der Waals surface area contributed by atoms with Crippen LogP contribution in [0.15, 0.2) is 36.7 Å². The SMILES string of the molecule is O=Cc1cc(N2CC[C@@H](N3CCc4ccccc4C3)[C@H](O)C2)ncn1. The maximum Gasteiger partial charge on any atom is 0.168 e. The molecule has 0 saturated carbocycles. The Bertz CT molecular complexity index is 767. The standard InChI is InChI=1S/C19H22N4O2/c24-12-16-9-19(21-13-20-16)23-8-6-17(18(25)11-23)22-7-5-14-3-1-2-4-15(14)10-22/h1-4,9,12-13,17-18,25H,5-8,10-11H2/t17-,18-/m1/s1. The van der Waals surface area contributed by atoms with Crippen molar-refractivity contribution in [1.82, 2.24) is 14.9 Å². The number of rotatable bonds is 3. The van der Waals surface area contributed by atoms with Crippen molar-refractivity contribution in [2.24, 2.45) is 0 Å². The molecule has 0 radical (unpaired) electrons. The minimum absolute atomic E-state index is 0.164. The second kappa shape index (κ2) is 6.90. The largest absolute Gasteiger partial charge is 0.390 e. The lowest BCUT2D eigenvalue weighted by Crippen LogP contribution is -2.55. The van der Waals surface area contributed by atoms with Crippen molar-refractivity contribution in [3.63, 3.8) is 0 Å². The van der Waals surface area contributed by atoms with Gasteiger partial charge in [-0.25, -0.2) is 9.97 Å². The Morgan fingerprint density at radius 3 is 2.80 bits per heavy atom. The van der Waals surface area contributed by atoms with Crippen LogP contribution in [0.2, 0.25) is 0 Å². The van der Waals surface area contributed by atoms with Gasteiger partial charge in [0, 0.05) is 38.3 Å². The zero-order chi connectivity index (χ0) is 17.2. The topological polar surface area (TPSA) is 69.6 Å². The third-order valence-corrected chi connectivity index (χ3v) is 5.29. The molecule has 2 aromatic rings. The normalized spacial score (nSPS) is 24.0. The third kappa shape index (κ3) is 3.27. The fraction of sp³-hybridized carbons (Fsp3) is 0.421. The van der Waals surface area contributed by atoms with Gasteiger partial charge in [0.15, 0.2) is 6.29 Å². The Labute approximate surface area is 147 Å². The van der Waals surface area contributed by atoms with Gasteiger partial charge in [-0.1, -0.05) is 24.3 Å². The minimum Gasteiger partial charge on any atom is -0.390 e. The maximum absolute atomic E-state index is 10.9. The zero-order valence-corrected chi connectivity index (χ0v) is 14.1. The highest BCUT2D eigenvalue weighted by Crippen LogP contribution is 2.26. The molecule has 3 heterocycles. The van der Waals surface area contributed by atoms with Crippen molar-refractivity contribution in [1.29, 1.82) is 0 Å². The molecule has 2 aliphatic heterocycles. The van der Waals surface area contributed by atoms with Crippen LogP contribution in [-0.4, -0.2) is 58.0 Å². The van der Waals surface area contributed by atoms with Gasteiger partial charge in [0.05, 0.1) is 6.10 Å².